The van der Waals surface area contributed by atoms with E-state index >= 15 is 0 Å². The molecule has 158 valence electrons. The van der Waals surface area contributed by atoms with Crippen LogP contribution in [0.25, 0.3) is 33.4 Å². The molecule has 31 heavy (non-hydrogen) atoms. The summed E-state index contributed by atoms with van der Waals surface area (Å²) in [7, 11) is 1.56. The number of hydrogen-bond donors (Lipinski definition) is 3. The van der Waals surface area contributed by atoms with Crippen LogP contribution in [0, 0.1) is 12.7 Å². The van der Waals surface area contributed by atoms with Gasteiger partial charge < -0.3 is 15.0 Å². The summed E-state index contributed by atoms with van der Waals surface area (Å²) in [6, 6.07) is 8.02. The molecule has 0 bridgehead atoms. The third kappa shape index (κ3) is 4.02. The predicted octanol–water partition coefficient (Wildman–Crippen LogP) is 4.28. The van der Waals surface area contributed by atoms with Gasteiger partial charge in [-0.2, -0.15) is 0 Å². The minimum absolute atomic E-state index is 0.171. The number of fused-ring (bicyclic) bond motifs is 1. The highest BCUT2D eigenvalue weighted by molar-refractivity contribution is 5.98. The second kappa shape index (κ2) is 8.39. The van der Waals surface area contributed by atoms with E-state index in [1.165, 1.54) is 18.3 Å². The van der Waals surface area contributed by atoms with Crippen molar-refractivity contribution in [1.82, 2.24) is 25.3 Å². The Hall–Kier alpha value is -4.01. The smallest absolute Gasteiger partial charge is 0.321 e. The largest absolute Gasteiger partial charge is 0.481 e. The second-order valence-corrected chi connectivity index (χ2v) is 6.87. The molecule has 3 aromatic heterocycles. The molecule has 9 heteroatoms. The number of amides is 2. The topological polar surface area (TPSA) is 105 Å². The van der Waals surface area contributed by atoms with Gasteiger partial charge in [0.25, 0.3) is 0 Å². The van der Waals surface area contributed by atoms with Crippen LogP contribution in [0.4, 0.5) is 15.1 Å². The number of hydrogen-bond acceptors (Lipinski definition) is 5. The Kier molecular flexibility index (Phi) is 5.48. The van der Waals surface area contributed by atoms with Crippen LogP contribution in [0.15, 0.2) is 42.7 Å². The summed E-state index contributed by atoms with van der Waals surface area (Å²) in [5.74, 6) is 0.292. The summed E-state index contributed by atoms with van der Waals surface area (Å²) in [4.78, 5) is 28.0. The molecule has 4 rings (SSSR count). The average Bonchev–Trinajstić information content (AvgIpc) is 3.15. The Balaban J connectivity index is 1.91. The first-order valence-corrected chi connectivity index (χ1v) is 9.70. The molecule has 4 aromatic rings. The highest BCUT2D eigenvalue weighted by Gasteiger charge is 2.18. The molecule has 0 atom stereocenters. The quantitative estimate of drug-likeness (QED) is 0.447. The van der Waals surface area contributed by atoms with Crippen LogP contribution < -0.4 is 15.4 Å². The van der Waals surface area contributed by atoms with Gasteiger partial charge in [0.2, 0.25) is 11.8 Å². The fraction of sp³-hybridized carbons (Fsp3) is 0.182. The molecule has 0 radical (unpaired) electrons. The Bertz CT molecular complexity index is 1270. The van der Waals surface area contributed by atoms with Crippen molar-refractivity contribution in [1.29, 1.82) is 0 Å². The Morgan fingerprint density at radius 3 is 2.77 bits per heavy atom. The molecule has 0 saturated heterocycles. The number of imidazole rings is 1. The number of aromatic amines is 1. The maximum atomic E-state index is 14.6. The van der Waals surface area contributed by atoms with Crippen molar-refractivity contribution in [3.63, 3.8) is 0 Å². The van der Waals surface area contributed by atoms with Crippen LogP contribution >= 0.6 is 0 Å². The molecule has 1 aromatic carbocycles. The summed E-state index contributed by atoms with van der Waals surface area (Å²) in [6.07, 6.45) is 3.23. The van der Waals surface area contributed by atoms with Gasteiger partial charge in [0.15, 0.2) is 0 Å². The van der Waals surface area contributed by atoms with Gasteiger partial charge in [-0.05, 0) is 49.2 Å². The molecule has 0 aliphatic heterocycles. The van der Waals surface area contributed by atoms with E-state index in [9.17, 15) is 9.18 Å². The van der Waals surface area contributed by atoms with Gasteiger partial charge >= 0.3 is 6.03 Å². The predicted molar refractivity (Wildman–Crippen MR) is 116 cm³/mol. The molecule has 3 N–H and O–H groups in total. The number of pyridine rings is 2. The van der Waals surface area contributed by atoms with Crippen molar-refractivity contribution < 1.29 is 13.9 Å². The van der Waals surface area contributed by atoms with Gasteiger partial charge in [0.05, 0.1) is 12.6 Å². The van der Waals surface area contributed by atoms with Crippen LogP contribution in [-0.4, -0.2) is 39.6 Å². The lowest BCUT2D eigenvalue weighted by Gasteiger charge is -2.10. The Morgan fingerprint density at radius 2 is 2.06 bits per heavy atom. The zero-order chi connectivity index (χ0) is 22.0. The van der Waals surface area contributed by atoms with Crippen molar-refractivity contribution in [3.8, 4) is 28.3 Å². The van der Waals surface area contributed by atoms with E-state index in [-0.39, 0.29) is 17.7 Å². The monoisotopic (exact) mass is 420 g/mol. The number of aromatic nitrogens is 4. The van der Waals surface area contributed by atoms with E-state index in [4.69, 9.17) is 4.74 Å². The fourth-order valence-electron chi connectivity index (χ4n) is 3.35. The lowest BCUT2D eigenvalue weighted by Crippen LogP contribution is -2.28. The molecule has 8 nitrogen and oxygen atoms in total. The number of aryl methyl sites for hydroxylation is 1. The normalized spacial score (nSPS) is 10.8. The third-order valence-corrected chi connectivity index (χ3v) is 4.78. The third-order valence-electron chi connectivity index (χ3n) is 4.78. The zero-order valence-corrected chi connectivity index (χ0v) is 17.3. The van der Waals surface area contributed by atoms with E-state index < -0.39 is 5.82 Å². The van der Waals surface area contributed by atoms with Gasteiger partial charge in [-0.25, -0.2) is 19.2 Å². The van der Waals surface area contributed by atoms with Crippen LogP contribution in [0.1, 0.15) is 12.5 Å². The van der Waals surface area contributed by atoms with Crippen molar-refractivity contribution in [3.05, 3.63) is 54.1 Å². The molecule has 0 fully saturated rings. The summed E-state index contributed by atoms with van der Waals surface area (Å²) < 4.78 is 19.8. The molecule has 0 saturated carbocycles. The van der Waals surface area contributed by atoms with E-state index in [0.29, 0.717) is 29.0 Å². The SMILES string of the molecule is CCNC(=O)Nc1nc2c(-c3ncccc3F)cc(-c3cnc(OC)cc3C)cc2[nH]1. The number of ether oxygens (including phenoxy) is 1. The second-order valence-electron chi connectivity index (χ2n) is 6.87. The first-order chi connectivity index (χ1) is 15.0. The minimum Gasteiger partial charge on any atom is -0.481 e. The number of urea groups is 1. The van der Waals surface area contributed by atoms with Crippen LogP contribution in [0.5, 0.6) is 5.88 Å². The van der Waals surface area contributed by atoms with E-state index in [2.05, 4.69) is 30.6 Å². The summed E-state index contributed by atoms with van der Waals surface area (Å²) in [5, 5.41) is 5.30. The van der Waals surface area contributed by atoms with E-state index in [1.807, 2.05) is 32.0 Å². The molecule has 0 aliphatic rings. The number of carbonyl (C=O) groups is 1. The summed E-state index contributed by atoms with van der Waals surface area (Å²) in [5.41, 5.74) is 4.39. The Labute approximate surface area is 177 Å². The maximum Gasteiger partial charge on any atom is 0.321 e. The minimum atomic E-state index is -0.466. The highest BCUT2D eigenvalue weighted by atomic mass is 19.1. The first-order valence-electron chi connectivity index (χ1n) is 9.70. The summed E-state index contributed by atoms with van der Waals surface area (Å²) in [6.45, 7) is 4.24. The average molecular weight is 420 g/mol. The van der Waals surface area contributed by atoms with Crippen LogP contribution in [0.2, 0.25) is 0 Å². The number of H-pyrrole nitrogens is 1. The number of nitrogens with one attached hydrogen (secondary N) is 3. The van der Waals surface area contributed by atoms with E-state index in [1.54, 1.807) is 13.3 Å². The van der Waals surface area contributed by atoms with Crippen LogP contribution in [-0.2, 0) is 0 Å². The first kappa shape index (κ1) is 20.3. The van der Waals surface area contributed by atoms with Crippen LogP contribution in [0.3, 0.4) is 0 Å². The van der Waals surface area contributed by atoms with Gasteiger partial charge in [0, 0.05) is 36.1 Å². The van der Waals surface area contributed by atoms with Crippen molar-refractivity contribution in [2.24, 2.45) is 0 Å². The molecular weight excluding hydrogens is 399 g/mol. The maximum absolute atomic E-state index is 14.6. The number of rotatable bonds is 5. The van der Waals surface area contributed by atoms with Crippen molar-refractivity contribution in [2.75, 3.05) is 19.0 Å². The Morgan fingerprint density at radius 1 is 1.23 bits per heavy atom. The fourth-order valence-corrected chi connectivity index (χ4v) is 3.35. The van der Waals surface area contributed by atoms with Crippen molar-refractivity contribution >= 4 is 23.0 Å². The van der Waals surface area contributed by atoms with E-state index in [0.717, 1.165) is 16.7 Å². The van der Waals surface area contributed by atoms with Gasteiger partial charge in [-0.15, -0.1) is 0 Å². The number of methoxy groups -OCH3 is 1. The van der Waals surface area contributed by atoms with Gasteiger partial charge in [-0.1, -0.05) is 0 Å². The zero-order valence-electron chi connectivity index (χ0n) is 17.3. The molecule has 2 amide bonds. The number of anilines is 1. The van der Waals surface area contributed by atoms with Crippen molar-refractivity contribution in [2.45, 2.75) is 13.8 Å². The molecule has 0 aliphatic carbocycles. The molecular formula is C22H21FN6O2. The number of nitrogens with zero attached hydrogens (tertiary/aromatic N) is 3. The number of benzene rings is 1. The van der Waals surface area contributed by atoms with Gasteiger partial charge in [-0.3, -0.25) is 10.3 Å². The molecule has 0 unspecified atom stereocenters. The number of halogens is 1. The summed E-state index contributed by atoms with van der Waals surface area (Å²) >= 11 is 0. The highest BCUT2D eigenvalue weighted by Crippen LogP contribution is 2.35. The molecule has 0 spiro atoms. The lowest BCUT2D eigenvalue weighted by atomic mass is 9.98. The number of carbonyl (C=O) groups excluding carboxylic acids is 1. The molecule has 3 heterocycles. The standard InChI is InChI=1S/C22H21FN6O2/c1-4-24-22(30)29-21-27-17-10-13(15-11-26-18(31-3)8-12(15)2)9-14(20(17)28-21)19-16(23)6-5-7-25-19/h5-11H,4H2,1-3H3,(H3,24,27,28,29,30). The van der Waals surface area contributed by atoms with Gasteiger partial charge in [0.1, 0.15) is 17.0 Å². The lowest BCUT2D eigenvalue weighted by molar-refractivity contribution is 0.252.